The van der Waals surface area contributed by atoms with Crippen LogP contribution in [0.1, 0.15) is 51.4 Å². The first-order valence-electron chi connectivity index (χ1n) is 11.0. The minimum Gasteiger partial charge on any atom is -0.467 e. The molecule has 1 atom stereocenters. The minimum atomic E-state index is -0.146. The molecule has 1 aromatic carbocycles. The molecule has 1 aromatic heterocycles. The number of ether oxygens (including phenoxy) is 1. The monoisotopic (exact) mass is 426 g/mol. The van der Waals surface area contributed by atoms with Crippen molar-refractivity contribution >= 4 is 11.8 Å². The first kappa shape index (κ1) is 23.1. The second-order valence-corrected chi connectivity index (χ2v) is 9.46. The van der Waals surface area contributed by atoms with Crippen LogP contribution in [0.3, 0.4) is 0 Å². The van der Waals surface area contributed by atoms with E-state index in [1.807, 2.05) is 63.2 Å². The van der Waals surface area contributed by atoms with Gasteiger partial charge < -0.3 is 19.0 Å². The molecular formula is C25H34N2O4. The van der Waals surface area contributed by atoms with Gasteiger partial charge in [-0.1, -0.05) is 51.1 Å². The molecule has 6 heteroatoms. The van der Waals surface area contributed by atoms with E-state index in [-0.39, 0.29) is 29.9 Å². The Morgan fingerprint density at radius 3 is 2.39 bits per heavy atom. The fraction of sp³-hybridized carbons (Fsp3) is 0.520. The van der Waals surface area contributed by atoms with E-state index < -0.39 is 0 Å². The number of hydrogen-bond donors (Lipinski definition) is 0. The summed E-state index contributed by atoms with van der Waals surface area (Å²) in [5.41, 5.74) is 0.890. The van der Waals surface area contributed by atoms with Gasteiger partial charge in [-0.25, -0.2) is 0 Å². The topological polar surface area (TPSA) is 63.0 Å². The predicted molar refractivity (Wildman–Crippen MR) is 119 cm³/mol. The summed E-state index contributed by atoms with van der Waals surface area (Å²) in [6, 6.07) is 13.5. The molecule has 0 N–H and O–H groups in total. The van der Waals surface area contributed by atoms with E-state index in [2.05, 4.69) is 0 Å². The number of nitrogens with zero attached hydrogens (tertiary/aromatic N) is 2. The molecule has 2 amide bonds. The fourth-order valence-corrected chi connectivity index (χ4v) is 3.74. The van der Waals surface area contributed by atoms with Gasteiger partial charge in [0.1, 0.15) is 5.76 Å². The van der Waals surface area contributed by atoms with E-state index in [0.29, 0.717) is 26.1 Å². The highest BCUT2D eigenvalue weighted by molar-refractivity contribution is 5.85. The maximum atomic E-state index is 13.4. The van der Waals surface area contributed by atoms with Crippen LogP contribution in [0.2, 0.25) is 0 Å². The Hall–Kier alpha value is -2.60. The third kappa shape index (κ3) is 7.55. The summed E-state index contributed by atoms with van der Waals surface area (Å²) >= 11 is 0. The molecule has 1 saturated heterocycles. The summed E-state index contributed by atoms with van der Waals surface area (Å²) < 4.78 is 11.2. The van der Waals surface area contributed by atoms with Gasteiger partial charge >= 0.3 is 0 Å². The van der Waals surface area contributed by atoms with Crippen LogP contribution >= 0.6 is 0 Å². The summed E-state index contributed by atoms with van der Waals surface area (Å²) in [7, 11) is 0. The van der Waals surface area contributed by atoms with Crippen LogP contribution in [0, 0.1) is 5.41 Å². The van der Waals surface area contributed by atoms with Crippen LogP contribution in [-0.4, -0.2) is 47.4 Å². The maximum absolute atomic E-state index is 13.4. The number of benzene rings is 1. The Balaban J connectivity index is 1.74. The Bertz CT molecular complexity index is 821. The van der Waals surface area contributed by atoms with Crippen molar-refractivity contribution in [3.05, 3.63) is 60.1 Å². The highest BCUT2D eigenvalue weighted by Gasteiger charge is 2.28. The molecule has 2 heterocycles. The quantitative estimate of drug-likeness (QED) is 0.601. The third-order valence-corrected chi connectivity index (χ3v) is 5.30. The predicted octanol–water partition coefficient (Wildman–Crippen LogP) is 4.25. The molecule has 1 aliphatic heterocycles. The molecule has 0 aliphatic carbocycles. The molecule has 2 aromatic rings. The Morgan fingerprint density at radius 1 is 1.00 bits per heavy atom. The Kier molecular flexibility index (Phi) is 7.91. The van der Waals surface area contributed by atoms with Gasteiger partial charge in [0.2, 0.25) is 11.8 Å². The van der Waals surface area contributed by atoms with Crippen LogP contribution in [0.4, 0.5) is 0 Å². The summed E-state index contributed by atoms with van der Waals surface area (Å²) in [4.78, 5) is 29.9. The lowest BCUT2D eigenvalue weighted by Gasteiger charge is -2.30. The van der Waals surface area contributed by atoms with Crippen LogP contribution in [0.15, 0.2) is 53.1 Å². The van der Waals surface area contributed by atoms with Gasteiger partial charge in [0.05, 0.1) is 25.5 Å². The average Bonchev–Trinajstić information content (AvgIpc) is 3.40. The van der Waals surface area contributed by atoms with E-state index in [0.717, 1.165) is 30.8 Å². The lowest BCUT2D eigenvalue weighted by molar-refractivity contribution is -0.143. The molecule has 0 radical (unpaired) electrons. The smallest absolute Gasteiger partial charge is 0.242 e. The van der Waals surface area contributed by atoms with Crippen molar-refractivity contribution in [2.45, 2.75) is 59.2 Å². The summed E-state index contributed by atoms with van der Waals surface area (Å²) in [6.45, 7) is 8.16. The molecule has 168 valence electrons. The van der Waals surface area contributed by atoms with E-state index in [1.165, 1.54) is 0 Å². The van der Waals surface area contributed by atoms with Gasteiger partial charge in [0.25, 0.3) is 0 Å². The van der Waals surface area contributed by atoms with Crippen molar-refractivity contribution < 1.29 is 18.7 Å². The molecule has 0 saturated carbocycles. The number of hydrogen-bond acceptors (Lipinski definition) is 4. The lowest BCUT2D eigenvalue weighted by Crippen LogP contribution is -2.46. The van der Waals surface area contributed by atoms with E-state index in [9.17, 15) is 9.59 Å². The van der Waals surface area contributed by atoms with E-state index >= 15 is 0 Å². The summed E-state index contributed by atoms with van der Waals surface area (Å²) in [5.74, 6) is 0.616. The van der Waals surface area contributed by atoms with Crippen molar-refractivity contribution in [1.29, 1.82) is 0 Å². The van der Waals surface area contributed by atoms with E-state index in [1.54, 1.807) is 16.1 Å². The van der Waals surface area contributed by atoms with Gasteiger partial charge in [-0.3, -0.25) is 9.59 Å². The standard InChI is InChI=1S/C25H34N2O4/c1-25(2,3)15-23(28)27(18-22-12-8-14-31-22)19-24(29)26(17-21-11-7-13-30-21)16-20-9-5-4-6-10-20/h4-7,9-11,13,22H,8,12,14-19H2,1-3H3. The third-order valence-electron chi connectivity index (χ3n) is 5.30. The van der Waals surface area contributed by atoms with Gasteiger partial charge in [-0.2, -0.15) is 0 Å². The molecule has 1 fully saturated rings. The molecule has 1 unspecified atom stereocenters. The molecule has 31 heavy (non-hydrogen) atoms. The normalized spacial score (nSPS) is 16.3. The van der Waals surface area contributed by atoms with Gasteiger partial charge in [-0.05, 0) is 36.0 Å². The highest BCUT2D eigenvalue weighted by atomic mass is 16.5. The van der Waals surface area contributed by atoms with Crippen molar-refractivity contribution in [1.82, 2.24) is 9.80 Å². The molecular weight excluding hydrogens is 392 g/mol. The Morgan fingerprint density at radius 2 is 1.77 bits per heavy atom. The van der Waals surface area contributed by atoms with E-state index in [4.69, 9.17) is 9.15 Å². The van der Waals surface area contributed by atoms with Crippen LogP contribution in [0.25, 0.3) is 0 Å². The van der Waals surface area contributed by atoms with Crippen molar-refractivity contribution in [2.75, 3.05) is 19.7 Å². The van der Waals surface area contributed by atoms with Crippen LogP contribution in [-0.2, 0) is 27.4 Å². The summed E-state index contributed by atoms with van der Waals surface area (Å²) in [5, 5.41) is 0. The molecule has 0 bridgehead atoms. The fourth-order valence-electron chi connectivity index (χ4n) is 3.74. The Labute approximate surface area is 185 Å². The average molecular weight is 427 g/mol. The van der Waals surface area contributed by atoms with Gasteiger partial charge in [-0.15, -0.1) is 0 Å². The zero-order valence-electron chi connectivity index (χ0n) is 18.9. The van der Waals surface area contributed by atoms with Crippen LogP contribution < -0.4 is 0 Å². The number of amides is 2. The zero-order chi connectivity index (χ0) is 22.3. The molecule has 3 rings (SSSR count). The van der Waals surface area contributed by atoms with Crippen molar-refractivity contribution in [2.24, 2.45) is 5.41 Å². The van der Waals surface area contributed by atoms with Gasteiger partial charge in [0, 0.05) is 26.1 Å². The molecule has 0 spiro atoms. The maximum Gasteiger partial charge on any atom is 0.242 e. The SMILES string of the molecule is CC(C)(C)CC(=O)N(CC(=O)N(Cc1ccccc1)Cc1ccco1)CC1CCCO1. The zero-order valence-corrected chi connectivity index (χ0v) is 18.9. The van der Waals surface area contributed by atoms with Gasteiger partial charge in [0.15, 0.2) is 0 Å². The van der Waals surface area contributed by atoms with Crippen molar-refractivity contribution in [3.8, 4) is 0 Å². The first-order chi connectivity index (χ1) is 14.8. The molecule has 1 aliphatic rings. The second kappa shape index (κ2) is 10.6. The summed E-state index contributed by atoms with van der Waals surface area (Å²) in [6.07, 6.45) is 3.93. The second-order valence-electron chi connectivity index (χ2n) is 9.46. The lowest BCUT2D eigenvalue weighted by atomic mass is 9.91. The van der Waals surface area contributed by atoms with Crippen molar-refractivity contribution in [3.63, 3.8) is 0 Å². The number of furan rings is 1. The number of carbonyl (C=O) groups is 2. The minimum absolute atomic E-state index is 0.00404. The largest absolute Gasteiger partial charge is 0.467 e. The molecule has 6 nitrogen and oxygen atoms in total. The number of rotatable bonds is 9. The highest BCUT2D eigenvalue weighted by Crippen LogP contribution is 2.22. The van der Waals surface area contributed by atoms with Crippen LogP contribution in [0.5, 0.6) is 0 Å². The first-order valence-corrected chi connectivity index (χ1v) is 11.0. The number of carbonyl (C=O) groups excluding carboxylic acids is 2.